The summed E-state index contributed by atoms with van der Waals surface area (Å²) in [7, 11) is 0. The number of carbonyl (C=O) groups is 2. The van der Waals surface area contributed by atoms with E-state index < -0.39 is 11.4 Å². The highest BCUT2D eigenvalue weighted by Gasteiger charge is 2.33. The summed E-state index contributed by atoms with van der Waals surface area (Å²) < 4.78 is 0. The standard InChI is InChI=1S/C14H25NO3/c1-13(2)6-5-10(7-13)15-11(16)8-14(3,4)9-12(17)18/h10H,5-9H2,1-4H3,(H,15,16)(H,17,18). The van der Waals surface area contributed by atoms with Crippen LogP contribution in [0.2, 0.25) is 0 Å². The Bertz CT molecular complexity index is 334. The van der Waals surface area contributed by atoms with E-state index in [9.17, 15) is 9.59 Å². The van der Waals surface area contributed by atoms with Gasteiger partial charge in [0.2, 0.25) is 5.91 Å². The lowest BCUT2D eigenvalue weighted by Crippen LogP contribution is -2.36. The summed E-state index contributed by atoms with van der Waals surface area (Å²) in [6, 6.07) is 0.258. The van der Waals surface area contributed by atoms with Crippen molar-refractivity contribution in [1.82, 2.24) is 5.32 Å². The zero-order valence-electron chi connectivity index (χ0n) is 11.9. The molecule has 0 bridgehead atoms. The molecule has 0 aliphatic heterocycles. The van der Waals surface area contributed by atoms with Crippen LogP contribution in [0.5, 0.6) is 0 Å². The fourth-order valence-electron chi connectivity index (χ4n) is 2.74. The van der Waals surface area contributed by atoms with E-state index in [2.05, 4.69) is 19.2 Å². The third-order valence-electron chi connectivity index (χ3n) is 3.60. The van der Waals surface area contributed by atoms with Gasteiger partial charge in [-0.15, -0.1) is 0 Å². The van der Waals surface area contributed by atoms with Gasteiger partial charge in [-0.3, -0.25) is 9.59 Å². The van der Waals surface area contributed by atoms with Crippen LogP contribution < -0.4 is 5.32 Å². The molecule has 0 heterocycles. The monoisotopic (exact) mass is 255 g/mol. The first-order valence-electron chi connectivity index (χ1n) is 6.61. The molecule has 0 aromatic carbocycles. The Hall–Kier alpha value is -1.06. The van der Waals surface area contributed by atoms with E-state index in [1.165, 1.54) is 0 Å². The fraction of sp³-hybridized carbons (Fsp3) is 0.857. The maximum Gasteiger partial charge on any atom is 0.303 e. The van der Waals surface area contributed by atoms with Crippen LogP contribution in [-0.2, 0) is 9.59 Å². The second-order valence-electron chi connectivity index (χ2n) is 7.08. The molecule has 1 fully saturated rings. The Morgan fingerprint density at radius 3 is 2.39 bits per heavy atom. The topological polar surface area (TPSA) is 66.4 Å². The zero-order chi connectivity index (χ0) is 14.0. The summed E-state index contributed by atoms with van der Waals surface area (Å²) in [6.45, 7) is 8.07. The molecule has 1 atom stereocenters. The van der Waals surface area contributed by atoms with Crippen LogP contribution in [0.3, 0.4) is 0 Å². The zero-order valence-corrected chi connectivity index (χ0v) is 11.9. The number of carbonyl (C=O) groups excluding carboxylic acids is 1. The number of rotatable bonds is 5. The smallest absolute Gasteiger partial charge is 0.303 e. The number of nitrogens with one attached hydrogen (secondary N) is 1. The van der Waals surface area contributed by atoms with Crippen LogP contribution in [0.4, 0.5) is 0 Å². The largest absolute Gasteiger partial charge is 0.481 e. The lowest BCUT2D eigenvalue weighted by Gasteiger charge is -2.23. The average Bonchev–Trinajstić information content (AvgIpc) is 2.40. The average molecular weight is 255 g/mol. The summed E-state index contributed by atoms with van der Waals surface area (Å²) in [4.78, 5) is 22.6. The van der Waals surface area contributed by atoms with Gasteiger partial charge in [-0.05, 0) is 30.1 Å². The first-order valence-corrected chi connectivity index (χ1v) is 6.61. The summed E-state index contributed by atoms with van der Waals surface area (Å²) >= 11 is 0. The second kappa shape index (κ2) is 5.29. The first-order chi connectivity index (χ1) is 8.10. The molecule has 0 spiro atoms. The normalized spacial score (nSPS) is 22.8. The first kappa shape index (κ1) is 15.0. The molecule has 2 N–H and O–H groups in total. The van der Waals surface area contributed by atoms with Crippen LogP contribution in [0.15, 0.2) is 0 Å². The van der Waals surface area contributed by atoms with Crippen molar-refractivity contribution in [3.63, 3.8) is 0 Å². The van der Waals surface area contributed by atoms with Gasteiger partial charge in [-0.25, -0.2) is 0 Å². The molecular weight excluding hydrogens is 230 g/mol. The molecule has 0 aromatic heterocycles. The van der Waals surface area contributed by atoms with E-state index in [4.69, 9.17) is 5.11 Å². The van der Waals surface area contributed by atoms with Gasteiger partial charge in [0.1, 0.15) is 0 Å². The summed E-state index contributed by atoms with van der Waals surface area (Å²) in [5, 5.41) is 11.8. The highest BCUT2D eigenvalue weighted by molar-refractivity contribution is 5.78. The number of hydrogen-bond acceptors (Lipinski definition) is 2. The van der Waals surface area contributed by atoms with E-state index in [0.717, 1.165) is 19.3 Å². The van der Waals surface area contributed by atoms with Crippen molar-refractivity contribution in [2.45, 2.75) is 65.8 Å². The SMILES string of the molecule is CC(C)(CC(=O)O)CC(=O)NC1CCC(C)(C)C1. The Morgan fingerprint density at radius 2 is 1.94 bits per heavy atom. The summed E-state index contributed by atoms with van der Waals surface area (Å²) in [5.41, 5.74) is -0.168. The molecule has 18 heavy (non-hydrogen) atoms. The van der Waals surface area contributed by atoms with Gasteiger partial charge in [0.25, 0.3) is 0 Å². The third kappa shape index (κ3) is 5.07. The second-order valence-corrected chi connectivity index (χ2v) is 7.08. The molecule has 1 unspecified atom stereocenters. The van der Waals surface area contributed by atoms with Gasteiger partial charge < -0.3 is 10.4 Å². The summed E-state index contributed by atoms with van der Waals surface area (Å²) in [5.74, 6) is -0.876. The van der Waals surface area contributed by atoms with Crippen LogP contribution in [-0.4, -0.2) is 23.0 Å². The predicted octanol–water partition coefficient (Wildman–Crippen LogP) is 2.57. The molecule has 1 aliphatic rings. The quantitative estimate of drug-likeness (QED) is 0.793. The molecule has 0 saturated heterocycles. The maximum absolute atomic E-state index is 11.9. The number of aliphatic carboxylic acids is 1. The van der Waals surface area contributed by atoms with Gasteiger partial charge in [-0.2, -0.15) is 0 Å². The number of amides is 1. The van der Waals surface area contributed by atoms with Crippen LogP contribution in [0.1, 0.15) is 59.8 Å². The molecule has 1 rings (SSSR count). The van der Waals surface area contributed by atoms with Crippen LogP contribution >= 0.6 is 0 Å². The Kier molecular flexibility index (Phi) is 4.41. The number of hydrogen-bond donors (Lipinski definition) is 2. The third-order valence-corrected chi connectivity index (χ3v) is 3.60. The molecule has 0 aromatic rings. The lowest BCUT2D eigenvalue weighted by atomic mass is 9.85. The van der Waals surface area contributed by atoms with Crippen molar-refractivity contribution in [1.29, 1.82) is 0 Å². The Morgan fingerprint density at radius 1 is 1.33 bits per heavy atom. The van der Waals surface area contributed by atoms with E-state index in [1.54, 1.807) is 0 Å². The molecule has 0 radical (unpaired) electrons. The van der Waals surface area contributed by atoms with E-state index in [-0.39, 0.29) is 24.8 Å². The lowest BCUT2D eigenvalue weighted by molar-refractivity contribution is -0.139. The number of carboxylic acids is 1. The predicted molar refractivity (Wildman–Crippen MR) is 70.2 cm³/mol. The molecule has 1 amide bonds. The minimum Gasteiger partial charge on any atom is -0.481 e. The van der Waals surface area contributed by atoms with Crippen LogP contribution in [0.25, 0.3) is 0 Å². The minimum atomic E-state index is -0.852. The van der Waals surface area contributed by atoms with Crippen molar-refractivity contribution in [2.75, 3.05) is 0 Å². The highest BCUT2D eigenvalue weighted by Crippen LogP contribution is 2.37. The molecule has 1 aliphatic carbocycles. The van der Waals surface area contributed by atoms with Crippen molar-refractivity contribution >= 4 is 11.9 Å². The summed E-state index contributed by atoms with van der Waals surface area (Å²) in [6.07, 6.45) is 3.47. The van der Waals surface area contributed by atoms with Gasteiger partial charge >= 0.3 is 5.97 Å². The van der Waals surface area contributed by atoms with E-state index in [0.29, 0.717) is 5.41 Å². The van der Waals surface area contributed by atoms with E-state index in [1.807, 2.05) is 13.8 Å². The van der Waals surface area contributed by atoms with Crippen molar-refractivity contribution in [2.24, 2.45) is 10.8 Å². The minimum absolute atomic E-state index is 0.0241. The van der Waals surface area contributed by atoms with Crippen molar-refractivity contribution in [3.05, 3.63) is 0 Å². The van der Waals surface area contributed by atoms with Crippen molar-refractivity contribution < 1.29 is 14.7 Å². The van der Waals surface area contributed by atoms with Gasteiger partial charge in [0, 0.05) is 12.5 Å². The number of carboxylic acid groups (broad SMARTS) is 1. The molecule has 4 heteroatoms. The van der Waals surface area contributed by atoms with Crippen molar-refractivity contribution in [3.8, 4) is 0 Å². The highest BCUT2D eigenvalue weighted by atomic mass is 16.4. The molecule has 4 nitrogen and oxygen atoms in total. The van der Waals surface area contributed by atoms with Crippen LogP contribution in [0, 0.1) is 10.8 Å². The Labute approximate surface area is 109 Å². The Balaban J connectivity index is 2.40. The van der Waals surface area contributed by atoms with Gasteiger partial charge in [0.05, 0.1) is 6.42 Å². The molecule has 1 saturated carbocycles. The van der Waals surface area contributed by atoms with Gasteiger partial charge in [0.15, 0.2) is 0 Å². The van der Waals surface area contributed by atoms with E-state index >= 15 is 0 Å². The molecule has 104 valence electrons. The molecular formula is C14H25NO3. The van der Waals surface area contributed by atoms with Gasteiger partial charge in [-0.1, -0.05) is 27.7 Å². The fourth-order valence-corrected chi connectivity index (χ4v) is 2.74. The maximum atomic E-state index is 11.9.